The van der Waals surface area contributed by atoms with E-state index in [0.717, 1.165) is 27.8 Å². The van der Waals surface area contributed by atoms with Crippen LogP contribution in [0, 0.1) is 6.92 Å². The van der Waals surface area contributed by atoms with Crippen molar-refractivity contribution in [1.82, 2.24) is 14.8 Å². The van der Waals surface area contributed by atoms with Gasteiger partial charge in [0.05, 0.1) is 10.8 Å². The lowest BCUT2D eigenvalue weighted by Crippen LogP contribution is -2.13. The molecule has 0 aromatic carbocycles. The van der Waals surface area contributed by atoms with Gasteiger partial charge in [0.25, 0.3) is 0 Å². The molecule has 0 aliphatic rings. The number of alkyl halides is 3. The van der Waals surface area contributed by atoms with Gasteiger partial charge in [0, 0.05) is 23.7 Å². The molecule has 0 saturated heterocycles. The Hall–Kier alpha value is -1.07. The Bertz CT molecular complexity index is 809. The number of aromatic nitrogens is 3. The highest BCUT2D eigenvalue weighted by atomic mass is 32.2. The molecule has 0 fully saturated rings. The fourth-order valence-electron chi connectivity index (χ4n) is 1.96. The lowest BCUT2D eigenvalue weighted by Gasteiger charge is -2.08. The maximum atomic E-state index is 13.2. The molecular formula is C12H14F3N3O2S3. The molecule has 23 heavy (non-hydrogen) atoms. The quantitative estimate of drug-likeness (QED) is 0.739. The van der Waals surface area contributed by atoms with Crippen LogP contribution in [0.4, 0.5) is 13.2 Å². The molecule has 0 bridgehead atoms. The van der Waals surface area contributed by atoms with E-state index in [9.17, 15) is 21.6 Å². The van der Waals surface area contributed by atoms with E-state index in [4.69, 9.17) is 0 Å². The van der Waals surface area contributed by atoms with Crippen LogP contribution in [-0.4, -0.2) is 28.9 Å². The number of hydrogen-bond acceptors (Lipinski definition) is 6. The summed E-state index contributed by atoms with van der Waals surface area (Å²) in [6.07, 6.45) is -3.33. The third-order valence-electron chi connectivity index (χ3n) is 2.84. The zero-order chi connectivity index (χ0) is 17.4. The third kappa shape index (κ3) is 3.89. The van der Waals surface area contributed by atoms with Gasteiger partial charge in [-0.15, -0.1) is 23.1 Å². The fraction of sp³-hybridized carbons (Fsp3) is 0.500. The summed E-state index contributed by atoms with van der Waals surface area (Å²) in [5, 5.41) is 3.68. The van der Waals surface area contributed by atoms with Gasteiger partial charge in [-0.2, -0.15) is 18.3 Å². The van der Waals surface area contributed by atoms with E-state index in [1.165, 1.54) is 13.2 Å². The van der Waals surface area contributed by atoms with Gasteiger partial charge in [0.2, 0.25) is 14.2 Å². The van der Waals surface area contributed by atoms with Crippen molar-refractivity contribution >= 4 is 32.9 Å². The topological polar surface area (TPSA) is 64.8 Å². The molecule has 128 valence electrons. The molecular weight excluding hydrogens is 371 g/mol. The standard InChI is InChI=1S/C12H14F3N3O2S3/c1-4-21-10-8(9(12(13,14)15)17-18(10)3)6-23(19,20)11-16-5-7(2)22-11/h5H,4,6H2,1-3H3. The molecule has 0 spiro atoms. The van der Waals surface area contributed by atoms with Crippen LogP contribution >= 0.6 is 23.1 Å². The smallest absolute Gasteiger partial charge is 0.261 e. The van der Waals surface area contributed by atoms with Gasteiger partial charge in [-0.3, -0.25) is 4.68 Å². The van der Waals surface area contributed by atoms with Crippen molar-refractivity contribution < 1.29 is 21.6 Å². The summed E-state index contributed by atoms with van der Waals surface area (Å²) >= 11 is 2.06. The zero-order valence-electron chi connectivity index (χ0n) is 12.5. The highest BCUT2D eigenvalue weighted by Gasteiger charge is 2.40. The average molecular weight is 385 g/mol. The molecule has 0 radical (unpaired) electrons. The average Bonchev–Trinajstić information content (AvgIpc) is 2.97. The van der Waals surface area contributed by atoms with Crippen LogP contribution in [0.5, 0.6) is 0 Å². The Morgan fingerprint density at radius 1 is 1.39 bits per heavy atom. The molecule has 0 unspecified atom stereocenters. The van der Waals surface area contributed by atoms with Gasteiger partial charge < -0.3 is 0 Å². The third-order valence-corrected chi connectivity index (χ3v) is 6.94. The highest BCUT2D eigenvalue weighted by molar-refractivity contribution is 7.99. The summed E-state index contributed by atoms with van der Waals surface area (Å²) in [4.78, 5) is 4.45. The van der Waals surface area contributed by atoms with Crippen molar-refractivity contribution in [3.8, 4) is 0 Å². The Balaban J connectivity index is 2.53. The monoisotopic (exact) mass is 385 g/mol. The van der Waals surface area contributed by atoms with Crippen LogP contribution in [0.15, 0.2) is 15.6 Å². The first-order valence-corrected chi connectivity index (χ1v) is 9.92. The number of rotatable bonds is 5. The number of hydrogen-bond donors (Lipinski definition) is 0. The van der Waals surface area contributed by atoms with E-state index < -0.39 is 27.5 Å². The Kier molecular flexibility index (Phi) is 5.12. The van der Waals surface area contributed by atoms with Crippen LogP contribution in [-0.2, 0) is 28.8 Å². The van der Waals surface area contributed by atoms with Gasteiger partial charge in [0.15, 0.2) is 5.69 Å². The first kappa shape index (κ1) is 18.3. The first-order valence-electron chi connectivity index (χ1n) is 6.47. The molecule has 0 aliphatic heterocycles. The van der Waals surface area contributed by atoms with Crippen molar-refractivity contribution in [2.45, 2.75) is 35.1 Å². The van der Waals surface area contributed by atoms with Gasteiger partial charge in [-0.05, 0) is 12.7 Å². The van der Waals surface area contributed by atoms with E-state index in [1.54, 1.807) is 13.8 Å². The van der Waals surface area contributed by atoms with E-state index in [2.05, 4.69) is 10.1 Å². The molecule has 0 amide bonds. The van der Waals surface area contributed by atoms with E-state index in [-0.39, 0.29) is 14.9 Å². The predicted molar refractivity (Wildman–Crippen MR) is 82.3 cm³/mol. The molecule has 0 atom stereocenters. The van der Waals surface area contributed by atoms with Gasteiger partial charge in [0.1, 0.15) is 0 Å². The number of thiazole rings is 1. The number of halogens is 3. The lowest BCUT2D eigenvalue weighted by atomic mass is 10.3. The van der Waals surface area contributed by atoms with Crippen molar-refractivity contribution in [2.24, 2.45) is 7.05 Å². The summed E-state index contributed by atoms with van der Waals surface area (Å²) < 4.78 is 65.2. The second kappa shape index (κ2) is 6.44. The van der Waals surface area contributed by atoms with Crippen LogP contribution in [0.1, 0.15) is 23.1 Å². The summed E-state index contributed by atoms with van der Waals surface area (Å²) in [7, 11) is -2.59. The molecule has 0 saturated carbocycles. The Morgan fingerprint density at radius 2 is 2.04 bits per heavy atom. The molecule has 2 aromatic rings. The van der Waals surface area contributed by atoms with Crippen LogP contribution in [0.2, 0.25) is 0 Å². The normalized spacial score (nSPS) is 12.8. The molecule has 0 aliphatic carbocycles. The molecule has 2 aromatic heterocycles. The number of nitrogens with zero attached hydrogens (tertiary/aromatic N) is 3. The van der Waals surface area contributed by atoms with E-state index >= 15 is 0 Å². The van der Waals surface area contributed by atoms with Crippen LogP contribution < -0.4 is 0 Å². The number of thioether (sulfide) groups is 1. The van der Waals surface area contributed by atoms with Crippen molar-refractivity contribution in [1.29, 1.82) is 0 Å². The van der Waals surface area contributed by atoms with Crippen LogP contribution in [0.3, 0.4) is 0 Å². The summed E-state index contributed by atoms with van der Waals surface area (Å²) in [6, 6.07) is 0. The zero-order valence-corrected chi connectivity index (χ0v) is 15.0. The molecule has 11 heteroatoms. The molecule has 2 rings (SSSR count). The number of aryl methyl sites for hydroxylation is 2. The first-order chi connectivity index (χ1) is 10.6. The SMILES string of the molecule is CCSc1c(CS(=O)(=O)c2ncc(C)s2)c(C(F)(F)F)nn1C. The van der Waals surface area contributed by atoms with Crippen molar-refractivity contribution in [3.63, 3.8) is 0 Å². The van der Waals surface area contributed by atoms with Gasteiger partial charge >= 0.3 is 6.18 Å². The second-order valence-corrected chi connectivity index (χ2v) is 9.33. The molecule has 5 nitrogen and oxygen atoms in total. The minimum absolute atomic E-state index is 0.181. The Morgan fingerprint density at radius 3 is 2.52 bits per heavy atom. The summed E-state index contributed by atoms with van der Waals surface area (Å²) in [5.74, 6) is -0.273. The minimum Gasteiger partial charge on any atom is -0.261 e. The summed E-state index contributed by atoms with van der Waals surface area (Å²) in [5.41, 5.74) is -1.48. The fourth-order valence-corrected chi connectivity index (χ4v) is 5.45. The van der Waals surface area contributed by atoms with Crippen molar-refractivity contribution in [3.05, 3.63) is 22.3 Å². The minimum atomic E-state index is -4.71. The van der Waals surface area contributed by atoms with Crippen molar-refractivity contribution in [2.75, 3.05) is 5.75 Å². The van der Waals surface area contributed by atoms with Gasteiger partial charge in [-0.25, -0.2) is 13.4 Å². The molecule has 0 N–H and O–H groups in total. The number of sulfone groups is 1. The maximum absolute atomic E-state index is 13.2. The summed E-state index contributed by atoms with van der Waals surface area (Å²) in [6.45, 7) is 3.45. The maximum Gasteiger partial charge on any atom is 0.435 e. The lowest BCUT2D eigenvalue weighted by molar-refractivity contribution is -0.141. The van der Waals surface area contributed by atoms with Gasteiger partial charge in [-0.1, -0.05) is 6.92 Å². The van der Waals surface area contributed by atoms with E-state index in [0.29, 0.717) is 10.6 Å². The highest BCUT2D eigenvalue weighted by Crippen LogP contribution is 2.37. The Labute approximate surface area is 139 Å². The predicted octanol–water partition coefficient (Wildman–Crippen LogP) is 3.29. The van der Waals surface area contributed by atoms with Crippen LogP contribution in [0.25, 0.3) is 0 Å². The van der Waals surface area contributed by atoms with E-state index in [1.807, 2.05) is 0 Å². The second-order valence-electron chi connectivity index (χ2n) is 4.68. The largest absolute Gasteiger partial charge is 0.435 e. The molecule has 2 heterocycles.